The standard InChI is InChI=1S/C15H12ClN3O3S/c1-10-6-13-15(18-9-10)22-5-4-19(13)23(20,21)14-7-11(8-17)2-3-12(14)16/h2-3,6-7,9H,4-5H2,1H3. The van der Waals surface area contributed by atoms with Crippen molar-refractivity contribution in [3.63, 3.8) is 0 Å². The number of aromatic nitrogens is 1. The van der Waals surface area contributed by atoms with E-state index in [4.69, 9.17) is 21.6 Å². The van der Waals surface area contributed by atoms with E-state index in [0.29, 0.717) is 5.69 Å². The molecule has 3 rings (SSSR count). The van der Waals surface area contributed by atoms with Gasteiger partial charge in [0.05, 0.1) is 23.2 Å². The second-order valence-electron chi connectivity index (χ2n) is 5.02. The highest BCUT2D eigenvalue weighted by atomic mass is 35.5. The van der Waals surface area contributed by atoms with E-state index < -0.39 is 10.0 Å². The van der Waals surface area contributed by atoms with Gasteiger partial charge in [0, 0.05) is 6.20 Å². The molecule has 0 bridgehead atoms. The number of sulfonamides is 1. The van der Waals surface area contributed by atoms with Crippen LogP contribution in [-0.4, -0.2) is 26.6 Å². The van der Waals surface area contributed by atoms with Gasteiger partial charge in [-0.25, -0.2) is 13.4 Å². The van der Waals surface area contributed by atoms with Gasteiger partial charge in [0.25, 0.3) is 10.0 Å². The molecule has 0 unspecified atom stereocenters. The van der Waals surface area contributed by atoms with Crippen LogP contribution in [0.3, 0.4) is 0 Å². The van der Waals surface area contributed by atoms with Crippen LogP contribution in [0.15, 0.2) is 35.4 Å². The van der Waals surface area contributed by atoms with Crippen LogP contribution in [0, 0.1) is 18.3 Å². The largest absolute Gasteiger partial charge is 0.474 e. The van der Waals surface area contributed by atoms with Crippen LogP contribution in [0.2, 0.25) is 5.02 Å². The molecule has 2 heterocycles. The minimum atomic E-state index is -3.93. The quantitative estimate of drug-likeness (QED) is 0.831. The van der Waals surface area contributed by atoms with Crippen molar-refractivity contribution in [2.24, 2.45) is 0 Å². The second kappa shape index (κ2) is 5.72. The van der Waals surface area contributed by atoms with E-state index in [1.807, 2.05) is 13.0 Å². The first-order chi connectivity index (χ1) is 10.9. The fraction of sp³-hybridized carbons (Fsp3) is 0.200. The number of anilines is 1. The maximum absolute atomic E-state index is 13.0. The maximum atomic E-state index is 13.0. The third-order valence-corrected chi connectivity index (χ3v) is 5.69. The SMILES string of the molecule is Cc1cnc2c(c1)N(S(=O)(=O)c1cc(C#N)ccc1Cl)CCO2. The molecular weight excluding hydrogens is 338 g/mol. The van der Waals surface area contributed by atoms with Gasteiger partial charge in [0.2, 0.25) is 5.88 Å². The monoisotopic (exact) mass is 349 g/mol. The minimum absolute atomic E-state index is 0.0673. The summed E-state index contributed by atoms with van der Waals surface area (Å²) < 4.78 is 32.6. The van der Waals surface area contributed by atoms with E-state index in [-0.39, 0.29) is 34.5 Å². The molecule has 0 spiro atoms. The zero-order valence-electron chi connectivity index (χ0n) is 12.2. The summed E-state index contributed by atoms with van der Waals surface area (Å²) >= 11 is 6.05. The first-order valence-corrected chi connectivity index (χ1v) is 8.57. The van der Waals surface area contributed by atoms with Crippen molar-refractivity contribution >= 4 is 27.3 Å². The number of aryl methyl sites for hydroxylation is 1. The summed E-state index contributed by atoms with van der Waals surface area (Å²) in [5, 5.41) is 9.06. The number of fused-ring (bicyclic) bond motifs is 1. The Morgan fingerprint density at radius 1 is 1.39 bits per heavy atom. The normalized spacial score (nSPS) is 13.9. The topological polar surface area (TPSA) is 83.3 Å². The average molecular weight is 350 g/mol. The number of halogens is 1. The summed E-state index contributed by atoms with van der Waals surface area (Å²) in [6.07, 6.45) is 1.61. The van der Waals surface area contributed by atoms with Gasteiger partial charge in [-0.15, -0.1) is 0 Å². The molecule has 8 heteroatoms. The number of hydrogen-bond donors (Lipinski definition) is 0. The molecule has 0 amide bonds. The molecular formula is C15H12ClN3O3S. The van der Waals surface area contributed by atoms with E-state index in [2.05, 4.69) is 4.98 Å². The summed E-state index contributed by atoms with van der Waals surface area (Å²) in [5.41, 5.74) is 1.41. The number of benzene rings is 1. The molecule has 6 nitrogen and oxygen atoms in total. The zero-order chi connectivity index (χ0) is 16.6. The Morgan fingerprint density at radius 2 is 2.17 bits per heavy atom. The highest BCUT2D eigenvalue weighted by Gasteiger charge is 2.32. The Labute approximate surface area is 138 Å². The van der Waals surface area contributed by atoms with Crippen molar-refractivity contribution in [2.75, 3.05) is 17.5 Å². The smallest absolute Gasteiger partial charge is 0.266 e. The lowest BCUT2D eigenvalue weighted by atomic mass is 10.2. The van der Waals surface area contributed by atoms with Gasteiger partial charge in [0.15, 0.2) is 0 Å². The van der Waals surface area contributed by atoms with E-state index in [1.165, 1.54) is 22.5 Å². The summed E-state index contributed by atoms with van der Waals surface area (Å²) in [5.74, 6) is 0.262. The Kier molecular flexibility index (Phi) is 3.88. The van der Waals surface area contributed by atoms with Gasteiger partial charge in [-0.1, -0.05) is 11.6 Å². The molecule has 1 aromatic heterocycles. The molecule has 1 aromatic carbocycles. The number of ether oxygens (including phenoxy) is 1. The van der Waals surface area contributed by atoms with Gasteiger partial charge in [-0.2, -0.15) is 5.26 Å². The van der Waals surface area contributed by atoms with Crippen LogP contribution < -0.4 is 9.04 Å². The summed E-state index contributed by atoms with van der Waals surface area (Å²) in [7, 11) is -3.93. The predicted molar refractivity (Wildman–Crippen MR) is 85.2 cm³/mol. The van der Waals surface area contributed by atoms with E-state index in [9.17, 15) is 8.42 Å². The van der Waals surface area contributed by atoms with Crippen molar-refractivity contribution in [2.45, 2.75) is 11.8 Å². The third-order valence-electron chi connectivity index (χ3n) is 3.40. The lowest BCUT2D eigenvalue weighted by Crippen LogP contribution is -2.38. The van der Waals surface area contributed by atoms with Crippen LogP contribution >= 0.6 is 11.6 Å². The maximum Gasteiger partial charge on any atom is 0.266 e. The molecule has 118 valence electrons. The van der Waals surface area contributed by atoms with Crippen LogP contribution in [0.4, 0.5) is 5.69 Å². The molecule has 0 saturated heterocycles. The molecule has 1 aliphatic heterocycles. The van der Waals surface area contributed by atoms with Crippen LogP contribution in [0.1, 0.15) is 11.1 Å². The second-order valence-corrected chi connectivity index (χ2v) is 7.26. The molecule has 23 heavy (non-hydrogen) atoms. The van der Waals surface area contributed by atoms with E-state index >= 15 is 0 Å². The molecule has 0 radical (unpaired) electrons. The fourth-order valence-electron chi connectivity index (χ4n) is 2.32. The van der Waals surface area contributed by atoms with Crippen molar-refractivity contribution in [3.05, 3.63) is 46.6 Å². The Balaban J connectivity index is 2.16. The lowest BCUT2D eigenvalue weighted by Gasteiger charge is -2.30. The molecule has 0 fully saturated rings. The van der Waals surface area contributed by atoms with Gasteiger partial charge < -0.3 is 4.74 Å². The molecule has 1 aliphatic rings. The average Bonchev–Trinajstić information content (AvgIpc) is 2.54. The van der Waals surface area contributed by atoms with Crippen molar-refractivity contribution in [3.8, 4) is 11.9 Å². The number of hydrogen-bond acceptors (Lipinski definition) is 5. The van der Waals surface area contributed by atoms with Gasteiger partial charge >= 0.3 is 0 Å². The van der Waals surface area contributed by atoms with Crippen LogP contribution in [0.25, 0.3) is 0 Å². The molecule has 0 N–H and O–H groups in total. The first-order valence-electron chi connectivity index (χ1n) is 6.75. The van der Waals surface area contributed by atoms with Gasteiger partial charge in [0.1, 0.15) is 17.2 Å². The number of rotatable bonds is 2. The zero-order valence-corrected chi connectivity index (χ0v) is 13.7. The molecule has 2 aromatic rings. The Bertz CT molecular complexity index is 922. The van der Waals surface area contributed by atoms with E-state index in [0.717, 1.165) is 5.56 Å². The first kappa shape index (κ1) is 15.6. The summed E-state index contributed by atoms with van der Waals surface area (Å²) in [6.45, 7) is 2.15. The summed E-state index contributed by atoms with van der Waals surface area (Å²) in [4.78, 5) is 4.01. The highest BCUT2D eigenvalue weighted by molar-refractivity contribution is 7.93. The number of nitrogens with zero attached hydrogens (tertiary/aromatic N) is 3. The Hall–Kier alpha value is -2.30. The predicted octanol–water partition coefficient (Wildman–Crippen LogP) is 2.50. The van der Waals surface area contributed by atoms with Crippen molar-refractivity contribution < 1.29 is 13.2 Å². The fourth-order valence-corrected chi connectivity index (χ4v) is 4.26. The molecule has 0 atom stereocenters. The number of pyridine rings is 1. The molecule has 0 saturated carbocycles. The Morgan fingerprint density at radius 3 is 2.91 bits per heavy atom. The summed E-state index contributed by atoms with van der Waals surface area (Å²) in [6, 6.07) is 7.77. The minimum Gasteiger partial charge on any atom is -0.474 e. The highest BCUT2D eigenvalue weighted by Crippen LogP contribution is 2.36. The van der Waals surface area contributed by atoms with E-state index in [1.54, 1.807) is 12.3 Å². The van der Waals surface area contributed by atoms with Crippen molar-refractivity contribution in [1.82, 2.24) is 4.98 Å². The van der Waals surface area contributed by atoms with Gasteiger partial charge in [-0.3, -0.25) is 4.31 Å². The van der Waals surface area contributed by atoms with Gasteiger partial charge in [-0.05, 0) is 36.8 Å². The third kappa shape index (κ3) is 2.71. The van der Waals surface area contributed by atoms with Crippen LogP contribution in [0.5, 0.6) is 5.88 Å². The number of nitriles is 1. The lowest BCUT2D eigenvalue weighted by molar-refractivity contribution is 0.303. The van der Waals surface area contributed by atoms with Crippen molar-refractivity contribution in [1.29, 1.82) is 5.26 Å². The van der Waals surface area contributed by atoms with Crippen LogP contribution in [-0.2, 0) is 10.0 Å². The molecule has 0 aliphatic carbocycles.